The fraction of sp³-hybridized carbons (Fsp3) is 0. The van der Waals surface area contributed by atoms with E-state index in [9.17, 15) is 9.59 Å². The number of carbonyl (C=O) groups excluding carboxylic acids is 1. The fourth-order valence-electron chi connectivity index (χ4n) is 1.68. The number of halogens is 1. The number of aromatic carboxylic acids is 1. The van der Waals surface area contributed by atoms with E-state index in [4.69, 9.17) is 10.8 Å². The Hall–Kier alpha value is -2.34. The number of hydrogen-bond donors (Lipinski definition) is 3. The molecular weight excluding hydrogens is 324 g/mol. The van der Waals surface area contributed by atoms with Crippen LogP contribution in [0.2, 0.25) is 0 Å². The van der Waals surface area contributed by atoms with Crippen molar-refractivity contribution in [3.05, 3.63) is 58.1 Å². The lowest BCUT2D eigenvalue weighted by Crippen LogP contribution is -2.15. The van der Waals surface area contributed by atoms with Crippen LogP contribution in [0.3, 0.4) is 0 Å². The summed E-state index contributed by atoms with van der Waals surface area (Å²) in [6.07, 6.45) is 0. The lowest BCUT2D eigenvalue weighted by Gasteiger charge is -2.09. The molecule has 1 amide bonds. The van der Waals surface area contributed by atoms with E-state index in [2.05, 4.69) is 21.2 Å². The molecule has 0 fully saturated rings. The van der Waals surface area contributed by atoms with E-state index in [0.717, 1.165) is 0 Å². The van der Waals surface area contributed by atoms with E-state index in [1.54, 1.807) is 24.3 Å². The molecule has 0 bridgehead atoms. The first-order valence-corrected chi connectivity index (χ1v) is 6.46. The number of anilines is 2. The molecule has 0 spiro atoms. The summed E-state index contributed by atoms with van der Waals surface area (Å²) in [5, 5.41) is 11.7. The summed E-state index contributed by atoms with van der Waals surface area (Å²) in [4.78, 5) is 23.2. The Morgan fingerprint density at radius 2 is 1.90 bits per heavy atom. The summed E-state index contributed by atoms with van der Waals surface area (Å²) in [5.74, 6) is -1.53. The first-order chi connectivity index (χ1) is 9.47. The van der Waals surface area contributed by atoms with Crippen LogP contribution >= 0.6 is 15.9 Å². The highest BCUT2D eigenvalue weighted by molar-refractivity contribution is 9.10. The van der Waals surface area contributed by atoms with E-state index >= 15 is 0 Å². The summed E-state index contributed by atoms with van der Waals surface area (Å²) in [6.45, 7) is 0. The van der Waals surface area contributed by atoms with Crippen LogP contribution in [-0.4, -0.2) is 17.0 Å². The third-order valence-corrected chi connectivity index (χ3v) is 3.10. The molecule has 4 N–H and O–H groups in total. The van der Waals surface area contributed by atoms with Gasteiger partial charge in [-0.1, -0.05) is 22.0 Å². The Morgan fingerprint density at radius 1 is 1.15 bits per heavy atom. The van der Waals surface area contributed by atoms with Crippen molar-refractivity contribution in [1.82, 2.24) is 0 Å². The van der Waals surface area contributed by atoms with Gasteiger partial charge >= 0.3 is 5.97 Å². The second kappa shape index (κ2) is 5.75. The third-order valence-electron chi connectivity index (χ3n) is 2.61. The minimum absolute atomic E-state index is 0.0108. The monoisotopic (exact) mass is 334 g/mol. The minimum atomic E-state index is -1.12. The van der Waals surface area contributed by atoms with E-state index in [1.807, 2.05) is 0 Å². The van der Waals surface area contributed by atoms with E-state index in [0.29, 0.717) is 15.7 Å². The van der Waals surface area contributed by atoms with Gasteiger partial charge in [-0.2, -0.15) is 0 Å². The van der Waals surface area contributed by atoms with Crippen LogP contribution in [0.5, 0.6) is 0 Å². The standard InChI is InChI=1S/C14H11BrN2O3/c15-9-4-5-12(11(7-9)14(19)20)17-13(18)8-2-1-3-10(16)6-8/h1-7H,16H2,(H,17,18)(H,19,20). The molecule has 2 aromatic rings. The molecule has 20 heavy (non-hydrogen) atoms. The molecule has 6 heteroatoms. The van der Waals surface area contributed by atoms with Crippen LogP contribution in [0, 0.1) is 0 Å². The number of benzene rings is 2. The molecule has 0 aliphatic heterocycles. The van der Waals surface area contributed by atoms with Gasteiger partial charge in [-0.15, -0.1) is 0 Å². The highest BCUT2D eigenvalue weighted by Gasteiger charge is 2.14. The summed E-state index contributed by atoms with van der Waals surface area (Å²) in [5.41, 5.74) is 6.68. The van der Waals surface area contributed by atoms with Crippen molar-refractivity contribution in [2.45, 2.75) is 0 Å². The van der Waals surface area contributed by atoms with Crippen molar-refractivity contribution in [2.75, 3.05) is 11.1 Å². The highest BCUT2D eigenvalue weighted by Crippen LogP contribution is 2.22. The van der Waals surface area contributed by atoms with Gasteiger partial charge in [0.05, 0.1) is 11.3 Å². The number of hydrogen-bond acceptors (Lipinski definition) is 3. The van der Waals surface area contributed by atoms with E-state index < -0.39 is 11.9 Å². The molecular formula is C14H11BrN2O3. The smallest absolute Gasteiger partial charge is 0.337 e. The lowest BCUT2D eigenvalue weighted by atomic mass is 10.1. The Labute approximate surface area is 123 Å². The molecule has 102 valence electrons. The summed E-state index contributed by atoms with van der Waals surface area (Å²) >= 11 is 3.19. The number of nitrogens with one attached hydrogen (secondary N) is 1. The molecule has 0 aromatic heterocycles. The summed E-state index contributed by atoms with van der Waals surface area (Å²) in [6, 6.07) is 11.1. The number of carbonyl (C=O) groups is 2. The van der Waals surface area contributed by atoms with Crippen LogP contribution in [0.4, 0.5) is 11.4 Å². The number of nitrogens with two attached hydrogens (primary N) is 1. The number of amides is 1. The molecule has 0 radical (unpaired) electrons. The van der Waals surface area contributed by atoms with Gasteiger partial charge in [-0.05, 0) is 36.4 Å². The minimum Gasteiger partial charge on any atom is -0.478 e. The largest absolute Gasteiger partial charge is 0.478 e. The van der Waals surface area contributed by atoms with Gasteiger partial charge in [0.2, 0.25) is 0 Å². The predicted molar refractivity (Wildman–Crippen MR) is 79.9 cm³/mol. The zero-order valence-corrected chi connectivity index (χ0v) is 11.8. The Morgan fingerprint density at radius 3 is 2.55 bits per heavy atom. The fourth-order valence-corrected chi connectivity index (χ4v) is 2.04. The van der Waals surface area contributed by atoms with Gasteiger partial charge in [0, 0.05) is 15.7 Å². The van der Waals surface area contributed by atoms with Crippen molar-refractivity contribution in [1.29, 1.82) is 0 Å². The Balaban J connectivity index is 2.30. The zero-order valence-electron chi connectivity index (χ0n) is 10.3. The Kier molecular flexibility index (Phi) is 4.05. The quantitative estimate of drug-likeness (QED) is 0.752. The molecule has 0 saturated carbocycles. The van der Waals surface area contributed by atoms with Crippen LogP contribution < -0.4 is 11.1 Å². The lowest BCUT2D eigenvalue weighted by molar-refractivity contribution is 0.0698. The first kappa shape index (κ1) is 14.1. The SMILES string of the molecule is Nc1cccc(C(=O)Nc2ccc(Br)cc2C(=O)O)c1. The van der Waals surface area contributed by atoms with Crippen molar-refractivity contribution in [2.24, 2.45) is 0 Å². The van der Waals surface area contributed by atoms with Gasteiger partial charge in [0.1, 0.15) is 0 Å². The molecule has 0 aliphatic rings. The van der Waals surface area contributed by atoms with E-state index in [1.165, 1.54) is 18.2 Å². The van der Waals surface area contributed by atoms with Crippen LogP contribution in [0.15, 0.2) is 46.9 Å². The highest BCUT2D eigenvalue weighted by atomic mass is 79.9. The van der Waals surface area contributed by atoms with Crippen molar-refractivity contribution >= 4 is 39.2 Å². The molecule has 0 heterocycles. The number of rotatable bonds is 3. The maximum atomic E-state index is 12.1. The van der Waals surface area contributed by atoms with Crippen molar-refractivity contribution in [3.63, 3.8) is 0 Å². The number of nitrogen functional groups attached to an aromatic ring is 1. The van der Waals surface area contributed by atoms with Crippen LogP contribution in [0.1, 0.15) is 20.7 Å². The number of carboxylic acid groups (broad SMARTS) is 1. The number of carboxylic acids is 1. The molecule has 2 aromatic carbocycles. The van der Waals surface area contributed by atoms with E-state index in [-0.39, 0.29) is 11.3 Å². The van der Waals surface area contributed by atoms with Gasteiger partial charge in [0.25, 0.3) is 5.91 Å². The molecule has 0 saturated heterocycles. The van der Waals surface area contributed by atoms with Crippen molar-refractivity contribution in [3.8, 4) is 0 Å². The molecule has 0 unspecified atom stereocenters. The zero-order chi connectivity index (χ0) is 14.7. The topological polar surface area (TPSA) is 92.4 Å². The average molecular weight is 335 g/mol. The molecule has 2 rings (SSSR count). The second-order valence-corrected chi connectivity index (χ2v) is 4.99. The molecule has 5 nitrogen and oxygen atoms in total. The Bertz CT molecular complexity index is 686. The first-order valence-electron chi connectivity index (χ1n) is 5.67. The second-order valence-electron chi connectivity index (χ2n) is 4.07. The maximum absolute atomic E-state index is 12.1. The van der Waals surface area contributed by atoms with Gasteiger partial charge in [-0.25, -0.2) is 4.79 Å². The molecule has 0 aliphatic carbocycles. The summed E-state index contributed by atoms with van der Waals surface area (Å²) < 4.78 is 0.622. The van der Waals surface area contributed by atoms with Crippen molar-refractivity contribution < 1.29 is 14.7 Å². The van der Waals surface area contributed by atoms with Gasteiger partial charge < -0.3 is 16.2 Å². The van der Waals surface area contributed by atoms with Gasteiger partial charge in [-0.3, -0.25) is 4.79 Å². The normalized spacial score (nSPS) is 10.1. The third kappa shape index (κ3) is 3.16. The van der Waals surface area contributed by atoms with Crippen LogP contribution in [-0.2, 0) is 0 Å². The summed E-state index contributed by atoms with van der Waals surface area (Å²) in [7, 11) is 0. The predicted octanol–water partition coefficient (Wildman–Crippen LogP) is 2.98. The maximum Gasteiger partial charge on any atom is 0.337 e. The van der Waals surface area contributed by atoms with Gasteiger partial charge in [0.15, 0.2) is 0 Å². The molecule has 0 atom stereocenters. The average Bonchev–Trinajstić information content (AvgIpc) is 2.40. The van der Waals surface area contributed by atoms with Crippen LogP contribution in [0.25, 0.3) is 0 Å².